The van der Waals surface area contributed by atoms with Gasteiger partial charge in [0.25, 0.3) is 0 Å². The molecule has 1 amide bonds. The van der Waals surface area contributed by atoms with Gasteiger partial charge in [-0.05, 0) is 39.8 Å². The van der Waals surface area contributed by atoms with Gasteiger partial charge in [0.05, 0.1) is 5.41 Å². The fourth-order valence-electron chi connectivity index (χ4n) is 2.04. The summed E-state index contributed by atoms with van der Waals surface area (Å²) in [5.41, 5.74) is -0.651. The molecule has 1 rings (SSSR count). The third-order valence-electron chi connectivity index (χ3n) is 3.55. The first-order valence-corrected chi connectivity index (χ1v) is 6.15. The fourth-order valence-corrected chi connectivity index (χ4v) is 2.04. The smallest absolute Gasteiger partial charge is 0.309 e. The number of aliphatic carboxylic acids is 1. The van der Waals surface area contributed by atoms with Gasteiger partial charge >= 0.3 is 5.97 Å². The molecule has 1 fully saturated rings. The first-order chi connectivity index (χ1) is 7.99. The van der Waals surface area contributed by atoms with Crippen LogP contribution in [0.4, 0.5) is 0 Å². The molecule has 0 unspecified atom stereocenters. The van der Waals surface area contributed by atoms with Gasteiger partial charge in [0.15, 0.2) is 0 Å². The van der Waals surface area contributed by atoms with Gasteiger partial charge in [-0.3, -0.25) is 9.59 Å². The lowest BCUT2D eigenvalue weighted by molar-refractivity contribution is -0.153. The maximum Gasteiger partial charge on any atom is 0.309 e. The highest BCUT2D eigenvalue weighted by Crippen LogP contribution is 2.31. The standard InChI is InChI=1S/C12H22N2O3/c1-12(11(16)17)5-8-14(9-6-12)10(15)4-3-7-13-2/h13H,3-9H2,1-2H3,(H,16,17). The fraction of sp³-hybridized carbons (Fsp3) is 0.833. The summed E-state index contributed by atoms with van der Waals surface area (Å²) in [5.74, 6) is -0.604. The molecule has 5 heteroatoms. The zero-order valence-corrected chi connectivity index (χ0v) is 10.7. The minimum atomic E-state index is -0.750. The van der Waals surface area contributed by atoms with Crippen molar-refractivity contribution in [2.45, 2.75) is 32.6 Å². The molecule has 1 saturated heterocycles. The van der Waals surface area contributed by atoms with E-state index in [1.807, 2.05) is 7.05 Å². The van der Waals surface area contributed by atoms with Crippen LogP contribution in [0.25, 0.3) is 0 Å². The summed E-state index contributed by atoms with van der Waals surface area (Å²) >= 11 is 0. The second kappa shape index (κ2) is 6.00. The van der Waals surface area contributed by atoms with E-state index in [1.165, 1.54) is 0 Å². The van der Waals surface area contributed by atoms with E-state index in [0.29, 0.717) is 32.4 Å². The molecular weight excluding hydrogens is 220 g/mol. The Morgan fingerprint density at radius 2 is 1.94 bits per heavy atom. The summed E-state index contributed by atoms with van der Waals surface area (Å²) in [6, 6.07) is 0. The molecule has 0 aromatic carbocycles. The van der Waals surface area contributed by atoms with E-state index in [1.54, 1.807) is 11.8 Å². The van der Waals surface area contributed by atoms with Gasteiger partial charge in [-0.1, -0.05) is 0 Å². The highest BCUT2D eigenvalue weighted by Gasteiger charge is 2.37. The Morgan fingerprint density at radius 1 is 1.35 bits per heavy atom. The molecule has 0 saturated carbocycles. The predicted molar refractivity (Wildman–Crippen MR) is 64.7 cm³/mol. The average Bonchev–Trinajstić information content (AvgIpc) is 2.30. The second-order valence-electron chi connectivity index (χ2n) is 4.95. The van der Waals surface area contributed by atoms with Crippen LogP contribution in [0.2, 0.25) is 0 Å². The van der Waals surface area contributed by atoms with Gasteiger partial charge in [-0.15, -0.1) is 0 Å². The Bertz CT molecular complexity index is 283. The van der Waals surface area contributed by atoms with E-state index in [4.69, 9.17) is 5.11 Å². The molecule has 98 valence electrons. The molecule has 1 aliphatic rings. The van der Waals surface area contributed by atoms with Crippen molar-refractivity contribution in [3.05, 3.63) is 0 Å². The SMILES string of the molecule is CNCCCC(=O)N1CCC(C)(C(=O)O)CC1. The maximum atomic E-state index is 11.8. The lowest BCUT2D eigenvalue weighted by Gasteiger charge is -2.36. The molecule has 0 atom stereocenters. The Labute approximate surface area is 102 Å². The number of rotatable bonds is 5. The molecule has 0 aliphatic carbocycles. The van der Waals surface area contributed by atoms with Crippen LogP contribution in [0.15, 0.2) is 0 Å². The van der Waals surface area contributed by atoms with E-state index in [9.17, 15) is 9.59 Å². The van der Waals surface area contributed by atoms with Crippen LogP contribution in [0.3, 0.4) is 0 Å². The first-order valence-electron chi connectivity index (χ1n) is 6.15. The molecule has 17 heavy (non-hydrogen) atoms. The van der Waals surface area contributed by atoms with Gasteiger partial charge in [0.1, 0.15) is 0 Å². The number of hydrogen-bond acceptors (Lipinski definition) is 3. The van der Waals surface area contributed by atoms with Crippen LogP contribution in [-0.2, 0) is 9.59 Å². The minimum Gasteiger partial charge on any atom is -0.481 e. The van der Waals surface area contributed by atoms with Crippen LogP contribution >= 0.6 is 0 Å². The van der Waals surface area contributed by atoms with E-state index >= 15 is 0 Å². The van der Waals surface area contributed by atoms with Gasteiger partial charge in [0, 0.05) is 19.5 Å². The number of carboxylic acid groups (broad SMARTS) is 1. The third kappa shape index (κ3) is 3.70. The van der Waals surface area contributed by atoms with Crippen molar-refractivity contribution >= 4 is 11.9 Å². The Morgan fingerprint density at radius 3 is 2.41 bits per heavy atom. The topological polar surface area (TPSA) is 69.6 Å². The number of likely N-dealkylation sites (tertiary alicyclic amines) is 1. The van der Waals surface area contributed by atoms with Crippen LogP contribution in [-0.4, -0.2) is 48.6 Å². The number of hydrogen-bond donors (Lipinski definition) is 2. The first kappa shape index (κ1) is 14.0. The van der Waals surface area contributed by atoms with Crippen molar-refractivity contribution in [1.82, 2.24) is 10.2 Å². The van der Waals surface area contributed by atoms with Gasteiger partial charge in [0.2, 0.25) is 5.91 Å². The molecule has 0 spiro atoms. The summed E-state index contributed by atoms with van der Waals surface area (Å²) in [4.78, 5) is 24.6. The maximum absolute atomic E-state index is 11.8. The van der Waals surface area contributed by atoms with Crippen molar-refractivity contribution in [2.24, 2.45) is 5.41 Å². The largest absolute Gasteiger partial charge is 0.481 e. The molecule has 2 N–H and O–H groups in total. The number of nitrogens with zero attached hydrogens (tertiary/aromatic N) is 1. The Kier molecular flexibility index (Phi) is 4.93. The van der Waals surface area contributed by atoms with Crippen LogP contribution in [0.1, 0.15) is 32.6 Å². The van der Waals surface area contributed by atoms with Gasteiger partial charge in [-0.25, -0.2) is 0 Å². The van der Waals surface area contributed by atoms with Crippen LogP contribution in [0.5, 0.6) is 0 Å². The number of carbonyl (C=O) groups excluding carboxylic acids is 1. The van der Waals surface area contributed by atoms with Crippen molar-refractivity contribution in [2.75, 3.05) is 26.7 Å². The van der Waals surface area contributed by atoms with Gasteiger partial charge in [-0.2, -0.15) is 0 Å². The quantitative estimate of drug-likeness (QED) is 0.696. The Balaban J connectivity index is 2.36. The molecule has 5 nitrogen and oxygen atoms in total. The predicted octanol–water partition coefficient (Wildman–Crippen LogP) is 0.699. The lowest BCUT2D eigenvalue weighted by Crippen LogP contribution is -2.45. The Hall–Kier alpha value is -1.10. The summed E-state index contributed by atoms with van der Waals surface area (Å²) in [5, 5.41) is 12.1. The highest BCUT2D eigenvalue weighted by atomic mass is 16.4. The number of piperidine rings is 1. The molecule has 0 radical (unpaired) electrons. The van der Waals surface area contributed by atoms with E-state index in [-0.39, 0.29) is 5.91 Å². The summed E-state index contributed by atoms with van der Waals surface area (Å²) in [6.07, 6.45) is 2.49. The van der Waals surface area contributed by atoms with E-state index < -0.39 is 11.4 Å². The zero-order valence-electron chi connectivity index (χ0n) is 10.7. The molecule has 0 aromatic rings. The van der Waals surface area contributed by atoms with E-state index in [0.717, 1.165) is 13.0 Å². The number of carboxylic acids is 1. The normalized spacial score (nSPS) is 19.1. The average molecular weight is 242 g/mol. The molecule has 1 heterocycles. The van der Waals surface area contributed by atoms with E-state index in [2.05, 4.69) is 5.32 Å². The molecular formula is C12H22N2O3. The minimum absolute atomic E-state index is 0.146. The number of amides is 1. The number of carbonyl (C=O) groups is 2. The monoisotopic (exact) mass is 242 g/mol. The summed E-state index contributed by atoms with van der Waals surface area (Å²) in [7, 11) is 1.86. The lowest BCUT2D eigenvalue weighted by atomic mass is 9.80. The van der Waals surface area contributed by atoms with Crippen LogP contribution in [0, 0.1) is 5.41 Å². The van der Waals surface area contributed by atoms with Crippen molar-refractivity contribution in [1.29, 1.82) is 0 Å². The highest BCUT2D eigenvalue weighted by molar-refractivity contribution is 5.78. The van der Waals surface area contributed by atoms with Crippen molar-refractivity contribution in [3.63, 3.8) is 0 Å². The second-order valence-corrected chi connectivity index (χ2v) is 4.95. The van der Waals surface area contributed by atoms with Crippen LogP contribution < -0.4 is 5.32 Å². The zero-order chi connectivity index (χ0) is 12.9. The molecule has 1 aliphatic heterocycles. The summed E-state index contributed by atoms with van der Waals surface area (Å²) in [6.45, 7) is 3.74. The van der Waals surface area contributed by atoms with Crippen molar-refractivity contribution < 1.29 is 14.7 Å². The van der Waals surface area contributed by atoms with Gasteiger partial charge < -0.3 is 15.3 Å². The molecule has 0 bridgehead atoms. The van der Waals surface area contributed by atoms with Crippen molar-refractivity contribution in [3.8, 4) is 0 Å². The number of nitrogens with one attached hydrogen (secondary N) is 1. The summed E-state index contributed by atoms with van der Waals surface area (Å²) < 4.78 is 0. The molecule has 0 aromatic heterocycles. The third-order valence-corrected chi connectivity index (χ3v) is 3.55.